The van der Waals surface area contributed by atoms with Gasteiger partial charge in [-0.25, -0.2) is 14.8 Å². The molecule has 9 heteroatoms. The number of hydrogen-bond acceptors (Lipinski definition) is 7. The van der Waals surface area contributed by atoms with Gasteiger partial charge in [-0.05, 0) is 33.6 Å². The molecule has 0 bridgehead atoms. The van der Waals surface area contributed by atoms with Crippen LogP contribution in [0.5, 0.6) is 0 Å². The molecule has 2 aromatic rings. The molecule has 0 aliphatic carbocycles. The summed E-state index contributed by atoms with van der Waals surface area (Å²) < 4.78 is 7.86. The van der Waals surface area contributed by atoms with E-state index in [0.717, 1.165) is 16.3 Å². The predicted molar refractivity (Wildman–Crippen MR) is 105 cm³/mol. The lowest BCUT2D eigenvalue weighted by Gasteiger charge is -2.19. The molecule has 8 nitrogen and oxygen atoms in total. The highest BCUT2D eigenvalue weighted by Crippen LogP contribution is 2.23. The van der Waals surface area contributed by atoms with Crippen molar-refractivity contribution in [2.75, 3.05) is 5.75 Å². The minimum atomic E-state index is -0.588. The molecule has 0 unspecified atom stereocenters. The molecule has 0 amide bonds. The summed E-state index contributed by atoms with van der Waals surface area (Å²) in [6.07, 6.45) is 0. The third-order valence-electron chi connectivity index (χ3n) is 3.56. The first-order chi connectivity index (χ1) is 12.4. The Balaban J connectivity index is 2.58. The number of thioether (sulfide) groups is 1. The highest BCUT2D eigenvalue weighted by Gasteiger charge is 2.21. The summed E-state index contributed by atoms with van der Waals surface area (Å²) in [5, 5.41) is 0.623. The van der Waals surface area contributed by atoms with Gasteiger partial charge in [0.25, 0.3) is 5.56 Å². The van der Waals surface area contributed by atoms with Crippen LogP contribution in [0.25, 0.3) is 11.0 Å². The summed E-state index contributed by atoms with van der Waals surface area (Å²) in [4.78, 5) is 46.0. The Labute approximate surface area is 162 Å². The minimum Gasteiger partial charge on any atom is -0.459 e. The molecule has 0 aromatic carbocycles. The van der Waals surface area contributed by atoms with Gasteiger partial charge in [-0.2, -0.15) is 0 Å². The Hall–Kier alpha value is -2.16. The fraction of sp³-hybridized carbons (Fsp3) is 0.611. The number of aromatic nitrogens is 4. The highest BCUT2D eigenvalue weighted by molar-refractivity contribution is 8.00. The fourth-order valence-electron chi connectivity index (χ4n) is 2.57. The van der Waals surface area contributed by atoms with Crippen LogP contribution < -0.4 is 11.2 Å². The van der Waals surface area contributed by atoms with E-state index in [9.17, 15) is 14.4 Å². The van der Waals surface area contributed by atoms with Gasteiger partial charge in [0.2, 0.25) is 0 Å². The summed E-state index contributed by atoms with van der Waals surface area (Å²) in [6.45, 7) is 11.5. The standard InChI is InChI=1S/C18H26N4O4S/c1-10(2)8-22-14-13(16(24)21(7)17(22)25)15(20-11(3)19-14)27-9-12(23)26-18(4,5)6/h10H,8-9H2,1-7H3. The number of esters is 1. The molecule has 0 N–H and O–H groups in total. The van der Waals surface area contributed by atoms with Crippen LogP contribution in [0.3, 0.4) is 0 Å². The molecular weight excluding hydrogens is 368 g/mol. The lowest BCUT2D eigenvalue weighted by molar-refractivity contribution is -0.151. The number of aryl methyl sites for hydroxylation is 1. The molecule has 27 heavy (non-hydrogen) atoms. The summed E-state index contributed by atoms with van der Waals surface area (Å²) in [5.41, 5.74) is -1.17. The average molecular weight is 394 g/mol. The van der Waals surface area contributed by atoms with E-state index in [2.05, 4.69) is 9.97 Å². The molecule has 0 atom stereocenters. The van der Waals surface area contributed by atoms with Crippen molar-refractivity contribution in [1.82, 2.24) is 19.1 Å². The molecule has 2 aromatic heterocycles. The predicted octanol–water partition coefficient (Wildman–Crippen LogP) is 1.89. The second-order valence-electron chi connectivity index (χ2n) is 7.80. The van der Waals surface area contributed by atoms with E-state index >= 15 is 0 Å². The maximum atomic E-state index is 12.7. The topological polar surface area (TPSA) is 96.1 Å². The Morgan fingerprint density at radius 1 is 1.22 bits per heavy atom. The largest absolute Gasteiger partial charge is 0.459 e. The van der Waals surface area contributed by atoms with Crippen LogP contribution in [0.2, 0.25) is 0 Å². The van der Waals surface area contributed by atoms with Gasteiger partial charge >= 0.3 is 11.7 Å². The molecule has 0 aliphatic heterocycles. The van der Waals surface area contributed by atoms with E-state index in [-0.39, 0.29) is 17.1 Å². The van der Waals surface area contributed by atoms with E-state index in [1.54, 1.807) is 27.7 Å². The fourth-order valence-corrected chi connectivity index (χ4v) is 3.41. The van der Waals surface area contributed by atoms with Gasteiger partial charge in [0.05, 0.1) is 5.75 Å². The van der Waals surface area contributed by atoms with Gasteiger partial charge < -0.3 is 4.74 Å². The van der Waals surface area contributed by atoms with Crippen molar-refractivity contribution >= 4 is 28.8 Å². The molecule has 0 radical (unpaired) electrons. The summed E-state index contributed by atoms with van der Waals surface area (Å²) >= 11 is 1.11. The SMILES string of the molecule is Cc1nc(SCC(=O)OC(C)(C)C)c2c(=O)n(C)c(=O)n(CC(C)C)c2n1. The molecule has 0 saturated carbocycles. The maximum Gasteiger partial charge on any atom is 0.332 e. The van der Waals surface area contributed by atoms with Crippen LogP contribution in [-0.2, 0) is 23.1 Å². The molecule has 2 heterocycles. The first-order valence-corrected chi connectivity index (χ1v) is 9.72. The van der Waals surface area contributed by atoms with Crippen molar-refractivity contribution < 1.29 is 9.53 Å². The number of ether oxygens (including phenoxy) is 1. The van der Waals surface area contributed by atoms with Crippen molar-refractivity contribution in [2.24, 2.45) is 13.0 Å². The van der Waals surface area contributed by atoms with Crippen molar-refractivity contribution in [3.05, 3.63) is 26.7 Å². The van der Waals surface area contributed by atoms with Crippen LogP contribution >= 0.6 is 11.8 Å². The lowest BCUT2D eigenvalue weighted by atomic mass is 10.2. The van der Waals surface area contributed by atoms with Crippen molar-refractivity contribution in [3.63, 3.8) is 0 Å². The van der Waals surface area contributed by atoms with Crippen LogP contribution in [0.1, 0.15) is 40.4 Å². The normalized spacial score (nSPS) is 12.0. The van der Waals surface area contributed by atoms with Gasteiger partial charge in [0.1, 0.15) is 21.8 Å². The highest BCUT2D eigenvalue weighted by atomic mass is 32.2. The van der Waals surface area contributed by atoms with E-state index in [1.165, 1.54) is 11.6 Å². The molecule has 2 rings (SSSR count). The van der Waals surface area contributed by atoms with Crippen molar-refractivity contribution in [1.29, 1.82) is 0 Å². The van der Waals surface area contributed by atoms with Crippen LogP contribution in [0.4, 0.5) is 0 Å². The molecule has 0 fully saturated rings. The average Bonchev–Trinajstić information content (AvgIpc) is 2.52. The Morgan fingerprint density at radius 3 is 2.41 bits per heavy atom. The summed E-state index contributed by atoms with van der Waals surface area (Å²) in [5.74, 6) is 0.232. The smallest absolute Gasteiger partial charge is 0.332 e. The number of carbonyl (C=O) groups is 1. The first kappa shape index (κ1) is 21.1. The third-order valence-corrected chi connectivity index (χ3v) is 4.50. The van der Waals surface area contributed by atoms with Crippen LogP contribution in [0.15, 0.2) is 14.6 Å². The molecule has 148 valence electrons. The number of carbonyl (C=O) groups excluding carboxylic acids is 1. The zero-order chi connectivity index (χ0) is 20.5. The monoisotopic (exact) mass is 394 g/mol. The molecule has 0 aliphatic rings. The maximum absolute atomic E-state index is 12.7. The van der Waals surface area contributed by atoms with E-state index in [0.29, 0.717) is 23.0 Å². The van der Waals surface area contributed by atoms with Crippen molar-refractivity contribution in [3.8, 4) is 0 Å². The van der Waals surface area contributed by atoms with Gasteiger partial charge in [-0.3, -0.25) is 18.7 Å². The molecular formula is C18H26N4O4S. The molecule has 0 saturated heterocycles. The lowest BCUT2D eigenvalue weighted by Crippen LogP contribution is -2.39. The quantitative estimate of drug-likeness (QED) is 0.434. The van der Waals surface area contributed by atoms with E-state index in [4.69, 9.17) is 4.74 Å². The van der Waals surface area contributed by atoms with Crippen LogP contribution in [0, 0.1) is 12.8 Å². The van der Waals surface area contributed by atoms with E-state index in [1.807, 2.05) is 13.8 Å². The minimum absolute atomic E-state index is 0.00921. The number of hydrogen-bond donors (Lipinski definition) is 0. The zero-order valence-electron chi connectivity index (χ0n) is 16.8. The van der Waals surface area contributed by atoms with Gasteiger partial charge in [0, 0.05) is 13.6 Å². The summed E-state index contributed by atoms with van der Waals surface area (Å²) in [6, 6.07) is 0. The second kappa shape index (κ2) is 7.84. The van der Waals surface area contributed by atoms with E-state index < -0.39 is 22.8 Å². The Kier molecular flexibility index (Phi) is 6.14. The number of rotatable bonds is 5. The zero-order valence-corrected chi connectivity index (χ0v) is 17.6. The number of fused-ring (bicyclic) bond motifs is 1. The van der Waals surface area contributed by atoms with Gasteiger partial charge in [0.15, 0.2) is 5.65 Å². The first-order valence-electron chi connectivity index (χ1n) is 8.73. The van der Waals surface area contributed by atoms with Crippen molar-refractivity contribution in [2.45, 2.75) is 58.7 Å². The van der Waals surface area contributed by atoms with Gasteiger partial charge in [-0.15, -0.1) is 0 Å². The Bertz CT molecular complexity index is 986. The second-order valence-corrected chi connectivity index (χ2v) is 8.76. The number of nitrogens with zero attached hydrogens (tertiary/aromatic N) is 4. The summed E-state index contributed by atoms with van der Waals surface area (Å²) in [7, 11) is 1.43. The molecule has 0 spiro atoms. The van der Waals surface area contributed by atoms with Crippen LogP contribution in [-0.4, -0.2) is 36.4 Å². The van der Waals surface area contributed by atoms with Gasteiger partial charge in [-0.1, -0.05) is 25.6 Å². The third kappa shape index (κ3) is 4.97. The Morgan fingerprint density at radius 2 is 1.85 bits per heavy atom.